The van der Waals surface area contributed by atoms with Crippen molar-refractivity contribution in [3.8, 4) is 0 Å². The Labute approximate surface area is 95.2 Å². The van der Waals surface area contributed by atoms with Crippen molar-refractivity contribution in [3.63, 3.8) is 0 Å². The maximum Gasteiger partial charge on any atom is 0.325 e. The van der Waals surface area contributed by atoms with E-state index in [-0.39, 0.29) is 12.5 Å². The molecule has 0 fully saturated rings. The third-order valence-electron chi connectivity index (χ3n) is 2.10. The van der Waals surface area contributed by atoms with Crippen molar-refractivity contribution >= 4 is 17.5 Å². The lowest BCUT2D eigenvalue weighted by Crippen LogP contribution is -2.31. The smallest absolute Gasteiger partial charge is 0.325 e. The number of carbonyl (C=O) groups is 1. The second-order valence-corrected chi connectivity index (χ2v) is 3.27. The molecule has 16 heavy (non-hydrogen) atoms. The summed E-state index contributed by atoms with van der Waals surface area (Å²) in [6.07, 6.45) is 1.57. The molecule has 0 amide bonds. The molecule has 0 aliphatic rings. The minimum absolute atomic E-state index is 0.210. The first kappa shape index (κ1) is 12.3. The van der Waals surface area contributed by atoms with Crippen molar-refractivity contribution in [2.24, 2.45) is 0 Å². The summed E-state index contributed by atoms with van der Waals surface area (Å²) in [7, 11) is 0. The number of carbonyl (C=O) groups excluding carboxylic acids is 1. The van der Waals surface area contributed by atoms with Gasteiger partial charge in [-0.05, 0) is 26.0 Å². The number of rotatable bonds is 5. The van der Waals surface area contributed by atoms with E-state index >= 15 is 0 Å². The Kier molecular flexibility index (Phi) is 4.57. The molecule has 5 heteroatoms. The van der Waals surface area contributed by atoms with E-state index in [9.17, 15) is 4.79 Å². The molecule has 5 nitrogen and oxygen atoms in total. The third kappa shape index (κ3) is 3.42. The van der Waals surface area contributed by atoms with Crippen LogP contribution in [0.25, 0.3) is 0 Å². The normalized spacial score (nSPS) is 9.88. The SMILES string of the molecule is CCOC(=O)CN(CC)c1ccc(N)cn1. The molecule has 0 aliphatic carbocycles. The van der Waals surface area contributed by atoms with Crippen molar-refractivity contribution in [2.45, 2.75) is 13.8 Å². The Morgan fingerprint density at radius 3 is 2.75 bits per heavy atom. The van der Waals surface area contributed by atoms with E-state index in [4.69, 9.17) is 10.5 Å². The van der Waals surface area contributed by atoms with Crippen molar-refractivity contribution in [3.05, 3.63) is 18.3 Å². The molecular weight excluding hydrogens is 206 g/mol. The fourth-order valence-electron chi connectivity index (χ4n) is 1.30. The number of nitrogen functional groups attached to an aromatic ring is 1. The van der Waals surface area contributed by atoms with Crippen molar-refractivity contribution in [1.29, 1.82) is 0 Å². The average Bonchev–Trinajstić information content (AvgIpc) is 2.27. The molecule has 0 aliphatic heterocycles. The fourth-order valence-corrected chi connectivity index (χ4v) is 1.30. The average molecular weight is 223 g/mol. The summed E-state index contributed by atoms with van der Waals surface area (Å²) in [6, 6.07) is 3.55. The molecule has 1 rings (SSSR count). The summed E-state index contributed by atoms with van der Waals surface area (Å²) in [5.41, 5.74) is 6.15. The molecule has 1 aromatic heterocycles. The van der Waals surface area contributed by atoms with Gasteiger partial charge in [-0.3, -0.25) is 4.79 Å². The van der Waals surface area contributed by atoms with Crippen LogP contribution < -0.4 is 10.6 Å². The van der Waals surface area contributed by atoms with Crippen molar-refractivity contribution in [2.75, 3.05) is 30.3 Å². The van der Waals surface area contributed by atoms with Gasteiger partial charge in [0.2, 0.25) is 0 Å². The first-order chi connectivity index (χ1) is 7.67. The number of hydrogen-bond donors (Lipinski definition) is 1. The summed E-state index contributed by atoms with van der Waals surface area (Å²) >= 11 is 0. The van der Waals surface area contributed by atoms with Crippen LogP contribution in [0.1, 0.15) is 13.8 Å². The van der Waals surface area contributed by atoms with E-state index in [1.165, 1.54) is 0 Å². The zero-order chi connectivity index (χ0) is 12.0. The lowest BCUT2D eigenvalue weighted by atomic mass is 10.4. The quantitative estimate of drug-likeness (QED) is 0.756. The van der Waals surface area contributed by atoms with Gasteiger partial charge in [0.25, 0.3) is 0 Å². The van der Waals surface area contributed by atoms with Gasteiger partial charge in [-0.2, -0.15) is 0 Å². The maximum atomic E-state index is 11.3. The maximum absolute atomic E-state index is 11.3. The number of aromatic nitrogens is 1. The minimum Gasteiger partial charge on any atom is -0.465 e. The minimum atomic E-state index is -0.247. The van der Waals surface area contributed by atoms with E-state index in [0.717, 1.165) is 5.82 Å². The molecule has 88 valence electrons. The number of nitrogens with two attached hydrogens (primary N) is 1. The Hall–Kier alpha value is -1.78. The van der Waals surface area contributed by atoms with Gasteiger partial charge >= 0.3 is 5.97 Å². The van der Waals surface area contributed by atoms with Crippen LogP contribution in [0, 0.1) is 0 Å². The highest BCUT2D eigenvalue weighted by Gasteiger charge is 2.11. The zero-order valence-electron chi connectivity index (χ0n) is 9.64. The summed E-state index contributed by atoms with van der Waals surface area (Å²) in [5.74, 6) is 0.479. The van der Waals surface area contributed by atoms with Crippen LogP contribution >= 0.6 is 0 Å². The number of likely N-dealkylation sites (N-methyl/N-ethyl adjacent to an activating group) is 1. The van der Waals surface area contributed by atoms with Gasteiger partial charge in [0.05, 0.1) is 18.5 Å². The molecule has 0 radical (unpaired) electrons. The zero-order valence-corrected chi connectivity index (χ0v) is 9.64. The number of esters is 1. The first-order valence-electron chi connectivity index (χ1n) is 5.29. The van der Waals surface area contributed by atoms with Gasteiger partial charge in [0.1, 0.15) is 12.4 Å². The van der Waals surface area contributed by atoms with E-state index in [1.807, 2.05) is 11.8 Å². The Morgan fingerprint density at radius 2 is 2.25 bits per heavy atom. The Morgan fingerprint density at radius 1 is 1.50 bits per heavy atom. The standard InChI is InChI=1S/C11H17N3O2/c1-3-14(8-11(15)16-4-2)10-6-5-9(12)7-13-10/h5-7H,3-4,8,12H2,1-2H3. The first-order valence-corrected chi connectivity index (χ1v) is 5.29. The van der Waals surface area contributed by atoms with Crippen LogP contribution in [0.2, 0.25) is 0 Å². The number of nitrogens with zero attached hydrogens (tertiary/aromatic N) is 2. The molecule has 0 saturated heterocycles. The lowest BCUT2D eigenvalue weighted by molar-refractivity contribution is -0.141. The second-order valence-electron chi connectivity index (χ2n) is 3.27. The predicted molar refractivity (Wildman–Crippen MR) is 63.2 cm³/mol. The van der Waals surface area contributed by atoms with Gasteiger partial charge in [-0.15, -0.1) is 0 Å². The van der Waals surface area contributed by atoms with Gasteiger partial charge in [-0.1, -0.05) is 0 Å². The van der Waals surface area contributed by atoms with Crippen LogP contribution in [-0.2, 0) is 9.53 Å². The summed E-state index contributed by atoms with van der Waals surface area (Å²) < 4.78 is 4.89. The fraction of sp³-hybridized carbons (Fsp3) is 0.455. The van der Waals surface area contributed by atoms with E-state index < -0.39 is 0 Å². The lowest BCUT2D eigenvalue weighted by Gasteiger charge is -2.20. The summed E-state index contributed by atoms with van der Waals surface area (Å²) in [4.78, 5) is 17.3. The van der Waals surface area contributed by atoms with Crippen LogP contribution in [-0.4, -0.2) is 30.6 Å². The highest BCUT2D eigenvalue weighted by Crippen LogP contribution is 2.11. The Bertz CT molecular complexity index is 338. The molecule has 0 unspecified atom stereocenters. The molecule has 0 saturated carbocycles. The molecule has 2 N–H and O–H groups in total. The van der Waals surface area contributed by atoms with Gasteiger partial charge in [-0.25, -0.2) is 4.98 Å². The van der Waals surface area contributed by atoms with Crippen molar-refractivity contribution in [1.82, 2.24) is 4.98 Å². The number of hydrogen-bond acceptors (Lipinski definition) is 5. The molecule has 0 bridgehead atoms. The van der Waals surface area contributed by atoms with Gasteiger partial charge < -0.3 is 15.4 Å². The molecule has 0 atom stereocenters. The molecular formula is C11H17N3O2. The largest absolute Gasteiger partial charge is 0.465 e. The van der Waals surface area contributed by atoms with E-state index in [0.29, 0.717) is 18.8 Å². The Balaban J connectivity index is 2.67. The van der Waals surface area contributed by atoms with Crippen molar-refractivity contribution < 1.29 is 9.53 Å². The molecule has 1 heterocycles. The summed E-state index contributed by atoms with van der Waals surface area (Å²) in [6.45, 7) is 5.04. The van der Waals surface area contributed by atoms with Gasteiger partial charge in [0, 0.05) is 6.54 Å². The number of anilines is 2. The topological polar surface area (TPSA) is 68.5 Å². The second kappa shape index (κ2) is 5.95. The molecule has 0 aromatic carbocycles. The van der Waals surface area contributed by atoms with Gasteiger partial charge in [0.15, 0.2) is 0 Å². The highest BCUT2D eigenvalue weighted by atomic mass is 16.5. The van der Waals surface area contributed by atoms with E-state index in [1.54, 1.807) is 25.3 Å². The third-order valence-corrected chi connectivity index (χ3v) is 2.10. The molecule has 1 aromatic rings. The number of pyridine rings is 1. The molecule has 0 spiro atoms. The predicted octanol–water partition coefficient (Wildman–Crippen LogP) is 1.05. The highest BCUT2D eigenvalue weighted by molar-refractivity contribution is 5.75. The van der Waals surface area contributed by atoms with Crippen LogP contribution in [0.5, 0.6) is 0 Å². The van der Waals surface area contributed by atoms with Crippen LogP contribution in [0.4, 0.5) is 11.5 Å². The van der Waals surface area contributed by atoms with E-state index in [2.05, 4.69) is 4.98 Å². The van der Waals surface area contributed by atoms with Crippen LogP contribution in [0.3, 0.4) is 0 Å². The van der Waals surface area contributed by atoms with Crippen LogP contribution in [0.15, 0.2) is 18.3 Å². The number of ether oxygens (including phenoxy) is 1. The summed E-state index contributed by atoms with van der Waals surface area (Å²) in [5, 5.41) is 0. The monoisotopic (exact) mass is 223 g/mol.